The van der Waals surface area contributed by atoms with Crippen molar-refractivity contribution in [2.24, 2.45) is 0 Å². The fourth-order valence-corrected chi connectivity index (χ4v) is 3.56. The van der Waals surface area contributed by atoms with Crippen LogP contribution in [0.2, 0.25) is 0 Å². The molecule has 2 aliphatic rings. The summed E-state index contributed by atoms with van der Waals surface area (Å²) in [5.74, 6) is 2.01. The summed E-state index contributed by atoms with van der Waals surface area (Å²) in [6.45, 7) is 7.77. The zero-order valence-corrected chi connectivity index (χ0v) is 12.6. The van der Waals surface area contributed by atoms with Crippen molar-refractivity contribution in [1.82, 2.24) is 24.5 Å². The van der Waals surface area contributed by atoms with E-state index < -0.39 is 0 Å². The van der Waals surface area contributed by atoms with E-state index in [4.69, 9.17) is 4.98 Å². The maximum Gasteiger partial charge on any atom is 0.254 e. The van der Waals surface area contributed by atoms with E-state index in [-0.39, 0.29) is 0 Å². The third-order valence-corrected chi connectivity index (χ3v) is 4.79. The second kappa shape index (κ2) is 5.26. The second-order valence-electron chi connectivity index (χ2n) is 5.96. The van der Waals surface area contributed by atoms with E-state index in [1.807, 2.05) is 4.52 Å². The second-order valence-corrected chi connectivity index (χ2v) is 5.96. The van der Waals surface area contributed by atoms with Crippen LogP contribution in [0.15, 0.2) is 6.33 Å². The van der Waals surface area contributed by atoms with E-state index >= 15 is 0 Å². The number of hydrogen-bond donors (Lipinski definition) is 0. The highest BCUT2D eigenvalue weighted by Gasteiger charge is 2.25. The predicted octanol–water partition coefficient (Wildman–Crippen LogP) is 1.14. The average Bonchev–Trinajstić information content (AvgIpc) is 3.00. The minimum Gasteiger partial charge on any atom is -0.354 e. The lowest BCUT2D eigenvalue weighted by Crippen LogP contribution is -2.47. The quantitative estimate of drug-likeness (QED) is 0.829. The van der Waals surface area contributed by atoms with Crippen molar-refractivity contribution in [1.29, 1.82) is 0 Å². The van der Waals surface area contributed by atoms with Crippen LogP contribution in [-0.4, -0.2) is 57.2 Å². The molecule has 0 saturated carbocycles. The minimum atomic E-state index is 0.753. The summed E-state index contributed by atoms with van der Waals surface area (Å²) in [6.07, 6.45) is 6.34. The van der Waals surface area contributed by atoms with Crippen LogP contribution in [0.1, 0.15) is 31.0 Å². The minimum absolute atomic E-state index is 0.753. The van der Waals surface area contributed by atoms with Gasteiger partial charge in [-0.25, -0.2) is 4.98 Å². The number of fused-ring (bicyclic) bond motifs is 2. The molecule has 0 amide bonds. The molecule has 1 fully saturated rings. The fraction of sp³-hybridized carbons (Fsp3) is 0.667. The molecular weight excluding hydrogens is 264 g/mol. The first-order valence-corrected chi connectivity index (χ1v) is 8.05. The van der Waals surface area contributed by atoms with Crippen LogP contribution >= 0.6 is 0 Å². The molecule has 0 N–H and O–H groups in total. The number of nitrogens with zero attached hydrogens (tertiary/aromatic N) is 6. The maximum absolute atomic E-state index is 4.71. The van der Waals surface area contributed by atoms with Gasteiger partial charge in [-0.05, 0) is 32.2 Å². The molecule has 0 aromatic carbocycles. The molecule has 0 bridgehead atoms. The Hall–Kier alpha value is -1.69. The zero-order valence-electron chi connectivity index (χ0n) is 12.6. The predicted molar refractivity (Wildman–Crippen MR) is 81.8 cm³/mol. The van der Waals surface area contributed by atoms with Crippen molar-refractivity contribution in [2.45, 2.75) is 32.6 Å². The van der Waals surface area contributed by atoms with Gasteiger partial charge in [0.15, 0.2) is 0 Å². The summed E-state index contributed by atoms with van der Waals surface area (Å²) >= 11 is 0. The molecule has 0 radical (unpaired) electrons. The van der Waals surface area contributed by atoms with E-state index in [2.05, 4.69) is 26.8 Å². The van der Waals surface area contributed by atoms with E-state index in [1.165, 1.54) is 29.9 Å². The lowest BCUT2D eigenvalue weighted by molar-refractivity contribution is 0.270. The van der Waals surface area contributed by atoms with Gasteiger partial charge in [0.1, 0.15) is 12.1 Å². The number of rotatable bonds is 2. The first-order chi connectivity index (χ1) is 10.4. The summed E-state index contributed by atoms with van der Waals surface area (Å²) in [5, 5.41) is 4.43. The van der Waals surface area contributed by atoms with Gasteiger partial charge in [0.2, 0.25) is 0 Å². The van der Waals surface area contributed by atoms with Crippen molar-refractivity contribution in [3.8, 4) is 0 Å². The van der Waals surface area contributed by atoms with E-state index in [1.54, 1.807) is 6.33 Å². The Labute approximate surface area is 124 Å². The van der Waals surface area contributed by atoms with E-state index in [0.29, 0.717) is 0 Å². The average molecular weight is 286 g/mol. The summed E-state index contributed by atoms with van der Waals surface area (Å²) in [5.41, 5.74) is 2.65. The first kappa shape index (κ1) is 13.0. The van der Waals surface area contributed by atoms with Crippen molar-refractivity contribution in [3.63, 3.8) is 0 Å². The molecule has 3 heterocycles. The Bertz CT molecular complexity index is 641. The van der Waals surface area contributed by atoms with Gasteiger partial charge in [0.25, 0.3) is 5.78 Å². The standard InChI is InChI=1S/C15H22N6/c1-2-19-7-9-20(10-8-19)14-12-5-3-4-6-13(12)18-15-16-11-17-21(14)15/h11H,2-10H2,1H3. The van der Waals surface area contributed by atoms with Crippen LogP contribution in [0, 0.1) is 0 Å². The van der Waals surface area contributed by atoms with Gasteiger partial charge in [0.05, 0.1) is 5.69 Å². The smallest absolute Gasteiger partial charge is 0.254 e. The van der Waals surface area contributed by atoms with Crippen molar-refractivity contribution < 1.29 is 0 Å². The molecule has 0 atom stereocenters. The van der Waals surface area contributed by atoms with Crippen LogP contribution in [0.5, 0.6) is 0 Å². The normalized spacial score (nSPS) is 20.0. The van der Waals surface area contributed by atoms with E-state index in [0.717, 1.165) is 51.3 Å². The van der Waals surface area contributed by atoms with Crippen molar-refractivity contribution >= 4 is 11.6 Å². The fourth-order valence-electron chi connectivity index (χ4n) is 3.56. The lowest BCUT2D eigenvalue weighted by atomic mass is 9.96. The molecule has 0 spiro atoms. The molecule has 21 heavy (non-hydrogen) atoms. The van der Waals surface area contributed by atoms with E-state index in [9.17, 15) is 0 Å². The van der Waals surface area contributed by atoms with Gasteiger partial charge in [-0.2, -0.15) is 14.6 Å². The molecule has 1 saturated heterocycles. The number of anilines is 1. The number of aromatic nitrogens is 4. The number of aryl methyl sites for hydroxylation is 1. The molecule has 2 aromatic rings. The third kappa shape index (κ3) is 2.18. The third-order valence-electron chi connectivity index (χ3n) is 4.79. The summed E-state index contributed by atoms with van der Waals surface area (Å²) in [4.78, 5) is 14.0. The van der Waals surface area contributed by atoms with Gasteiger partial charge in [-0.15, -0.1) is 0 Å². The Morgan fingerprint density at radius 1 is 1.10 bits per heavy atom. The van der Waals surface area contributed by atoms with Crippen LogP contribution in [0.3, 0.4) is 0 Å². The number of likely N-dealkylation sites (N-methyl/N-ethyl adjacent to an activating group) is 1. The zero-order chi connectivity index (χ0) is 14.2. The van der Waals surface area contributed by atoms with Crippen molar-refractivity contribution in [2.75, 3.05) is 37.6 Å². The van der Waals surface area contributed by atoms with Gasteiger partial charge >= 0.3 is 0 Å². The van der Waals surface area contributed by atoms with Gasteiger partial charge in [-0.3, -0.25) is 0 Å². The lowest BCUT2D eigenvalue weighted by Gasteiger charge is -2.37. The van der Waals surface area contributed by atoms with Crippen LogP contribution in [0.25, 0.3) is 5.78 Å². The number of hydrogen-bond acceptors (Lipinski definition) is 5. The Morgan fingerprint density at radius 2 is 1.90 bits per heavy atom. The van der Waals surface area contributed by atoms with Crippen LogP contribution < -0.4 is 4.90 Å². The largest absolute Gasteiger partial charge is 0.354 e. The molecule has 1 aliphatic carbocycles. The Morgan fingerprint density at radius 3 is 2.71 bits per heavy atom. The molecule has 2 aromatic heterocycles. The van der Waals surface area contributed by atoms with Crippen LogP contribution in [-0.2, 0) is 12.8 Å². The van der Waals surface area contributed by atoms with Crippen LogP contribution in [0.4, 0.5) is 5.82 Å². The Balaban J connectivity index is 1.77. The molecule has 6 nitrogen and oxygen atoms in total. The molecule has 4 rings (SSSR count). The molecule has 0 unspecified atom stereocenters. The molecule has 6 heteroatoms. The maximum atomic E-state index is 4.71. The van der Waals surface area contributed by atoms with Gasteiger partial charge < -0.3 is 9.80 Å². The molecular formula is C15H22N6. The highest BCUT2D eigenvalue weighted by Crippen LogP contribution is 2.30. The molecule has 1 aliphatic heterocycles. The highest BCUT2D eigenvalue weighted by molar-refractivity contribution is 5.55. The molecule has 112 valence electrons. The summed E-state index contributed by atoms with van der Waals surface area (Å²) < 4.78 is 1.95. The van der Waals surface area contributed by atoms with Gasteiger partial charge in [-0.1, -0.05) is 6.92 Å². The number of piperazine rings is 1. The first-order valence-electron chi connectivity index (χ1n) is 8.05. The SMILES string of the molecule is CCN1CCN(c2c3c(nc4ncnn24)CCCC3)CC1. The summed E-state index contributed by atoms with van der Waals surface area (Å²) in [6, 6.07) is 0. The van der Waals surface area contributed by atoms with Crippen molar-refractivity contribution in [3.05, 3.63) is 17.6 Å². The topological polar surface area (TPSA) is 49.6 Å². The Kier molecular flexibility index (Phi) is 3.25. The highest BCUT2D eigenvalue weighted by atomic mass is 15.4. The monoisotopic (exact) mass is 286 g/mol. The van der Waals surface area contributed by atoms with Gasteiger partial charge in [0, 0.05) is 31.7 Å². The summed E-state index contributed by atoms with van der Waals surface area (Å²) in [7, 11) is 0.